The third-order valence-corrected chi connectivity index (χ3v) is 2.29. The molecule has 72 valence electrons. The number of nitrogens with two attached hydrogens (primary N) is 1. The summed E-state index contributed by atoms with van der Waals surface area (Å²) in [6.07, 6.45) is 0.710. The zero-order chi connectivity index (χ0) is 9.19. The Morgan fingerprint density at radius 1 is 1.58 bits per heavy atom. The van der Waals surface area contributed by atoms with Gasteiger partial charge in [-0.25, -0.2) is 8.78 Å². The molecule has 1 rings (SSSR count). The van der Waals surface area contributed by atoms with Crippen LogP contribution in [0.2, 0.25) is 0 Å². The molecule has 3 N–H and O–H groups in total. The lowest BCUT2D eigenvalue weighted by Gasteiger charge is -2.30. The minimum atomic E-state index is -2.58. The number of alkyl halides is 2. The standard InChI is InChI=1S/C8H16F2N2/c1-8(9,10)4-6-5-12-3-2-7(6)11/h6-7,12H,2-5,11H2,1H3. The highest BCUT2D eigenvalue weighted by Gasteiger charge is 2.31. The van der Waals surface area contributed by atoms with Crippen molar-refractivity contribution < 1.29 is 8.78 Å². The summed E-state index contributed by atoms with van der Waals surface area (Å²) in [7, 11) is 0. The molecule has 0 aliphatic carbocycles. The fourth-order valence-electron chi connectivity index (χ4n) is 1.63. The minimum Gasteiger partial charge on any atom is -0.327 e. The van der Waals surface area contributed by atoms with Gasteiger partial charge in [0, 0.05) is 12.5 Å². The van der Waals surface area contributed by atoms with Crippen molar-refractivity contribution in [3.63, 3.8) is 0 Å². The van der Waals surface area contributed by atoms with Crippen LogP contribution in [0.5, 0.6) is 0 Å². The van der Waals surface area contributed by atoms with E-state index in [0.717, 1.165) is 19.9 Å². The fourth-order valence-corrected chi connectivity index (χ4v) is 1.63. The van der Waals surface area contributed by atoms with E-state index in [1.54, 1.807) is 0 Å². The Bertz CT molecular complexity index is 144. The van der Waals surface area contributed by atoms with Gasteiger partial charge in [0.15, 0.2) is 0 Å². The van der Waals surface area contributed by atoms with E-state index in [9.17, 15) is 8.78 Å². The maximum atomic E-state index is 12.6. The van der Waals surface area contributed by atoms with Crippen LogP contribution in [0.3, 0.4) is 0 Å². The summed E-state index contributed by atoms with van der Waals surface area (Å²) in [6.45, 7) is 2.44. The van der Waals surface area contributed by atoms with Crippen molar-refractivity contribution in [3.8, 4) is 0 Å². The fraction of sp³-hybridized carbons (Fsp3) is 1.00. The molecule has 0 radical (unpaired) electrons. The molecular formula is C8H16F2N2. The summed E-state index contributed by atoms with van der Waals surface area (Å²) in [5.74, 6) is -2.65. The lowest BCUT2D eigenvalue weighted by Crippen LogP contribution is -2.46. The Balaban J connectivity index is 2.39. The summed E-state index contributed by atoms with van der Waals surface area (Å²) in [5.41, 5.74) is 5.71. The summed E-state index contributed by atoms with van der Waals surface area (Å²) in [4.78, 5) is 0. The maximum absolute atomic E-state index is 12.6. The Hall–Kier alpha value is -0.220. The first-order valence-electron chi connectivity index (χ1n) is 4.33. The average molecular weight is 178 g/mol. The molecule has 1 fully saturated rings. The summed E-state index contributed by atoms with van der Waals surface area (Å²) in [5, 5.41) is 3.07. The molecule has 1 saturated heterocycles. The van der Waals surface area contributed by atoms with Gasteiger partial charge in [0.25, 0.3) is 0 Å². The molecule has 2 unspecified atom stereocenters. The summed E-state index contributed by atoms with van der Waals surface area (Å²) in [6, 6.07) is -0.0583. The lowest BCUT2D eigenvalue weighted by atomic mass is 9.89. The van der Waals surface area contributed by atoms with Crippen molar-refractivity contribution in [2.75, 3.05) is 13.1 Å². The first kappa shape index (κ1) is 9.86. The average Bonchev–Trinajstić information content (AvgIpc) is 1.91. The predicted octanol–water partition coefficient (Wildman–Crippen LogP) is 0.968. The lowest BCUT2D eigenvalue weighted by molar-refractivity contribution is -0.00953. The number of rotatable bonds is 2. The van der Waals surface area contributed by atoms with E-state index in [-0.39, 0.29) is 18.4 Å². The number of nitrogens with one attached hydrogen (secondary N) is 1. The van der Waals surface area contributed by atoms with Crippen LogP contribution in [-0.4, -0.2) is 25.1 Å². The number of hydrogen-bond donors (Lipinski definition) is 2. The molecule has 1 heterocycles. The first-order valence-corrected chi connectivity index (χ1v) is 4.33. The Labute approximate surface area is 71.5 Å². The van der Waals surface area contributed by atoms with Crippen LogP contribution in [-0.2, 0) is 0 Å². The second-order valence-corrected chi connectivity index (χ2v) is 3.69. The van der Waals surface area contributed by atoms with Crippen molar-refractivity contribution in [2.24, 2.45) is 11.7 Å². The van der Waals surface area contributed by atoms with Gasteiger partial charge in [0.2, 0.25) is 5.92 Å². The molecule has 0 saturated carbocycles. The highest BCUT2D eigenvalue weighted by Crippen LogP contribution is 2.25. The van der Waals surface area contributed by atoms with Crippen molar-refractivity contribution in [1.29, 1.82) is 0 Å². The van der Waals surface area contributed by atoms with Crippen LogP contribution in [0.1, 0.15) is 19.8 Å². The van der Waals surface area contributed by atoms with Gasteiger partial charge >= 0.3 is 0 Å². The molecule has 2 atom stereocenters. The van der Waals surface area contributed by atoms with Crippen molar-refractivity contribution >= 4 is 0 Å². The van der Waals surface area contributed by atoms with E-state index in [0.29, 0.717) is 6.54 Å². The van der Waals surface area contributed by atoms with Crippen LogP contribution in [0.4, 0.5) is 8.78 Å². The minimum absolute atomic E-state index is 0.0583. The van der Waals surface area contributed by atoms with Crippen LogP contribution in [0.15, 0.2) is 0 Å². The predicted molar refractivity (Wildman–Crippen MR) is 44.2 cm³/mol. The second-order valence-electron chi connectivity index (χ2n) is 3.69. The van der Waals surface area contributed by atoms with Crippen LogP contribution in [0.25, 0.3) is 0 Å². The van der Waals surface area contributed by atoms with Gasteiger partial charge in [0.05, 0.1) is 0 Å². The third kappa shape index (κ3) is 3.03. The molecular weight excluding hydrogens is 162 g/mol. The molecule has 0 spiro atoms. The van der Waals surface area contributed by atoms with Gasteiger partial charge in [-0.15, -0.1) is 0 Å². The van der Waals surface area contributed by atoms with Crippen molar-refractivity contribution in [1.82, 2.24) is 5.32 Å². The zero-order valence-corrected chi connectivity index (χ0v) is 7.32. The molecule has 0 aromatic heterocycles. The molecule has 1 aliphatic heterocycles. The van der Waals surface area contributed by atoms with Crippen LogP contribution >= 0.6 is 0 Å². The van der Waals surface area contributed by atoms with Crippen molar-refractivity contribution in [3.05, 3.63) is 0 Å². The summed E-state index contributed by atoms with van der Waals surface area (Å²) >= 11 is 0. The van der Waals surface area contributed by atoms with Gasteiger partial charge in [-0.2, -0.15) is 0 Å². The van der Waals surface area contributed by atoms with E-state index in [4.69, 9.17) is 5.73 Å². The SMILES string of the molecule is CC(F)(F)CC1CNCCC1N. The molecule has 0 bridgehead atoms. The first-order chi connectivity index (χ1) is 5.49. The maximum Gasteiger partial charge on any atom is 0.245 e. The molecule has 1 aliphatic rings. The normalized spacial score (nSPS) is 32.0. The quantitative estimate of drug-likeness (QED) is 0.661. The Morgan fingerprint density at radius 3 is 2.75 bits per heavy atom. The number of halogens is 2. The zero-order valence-electron chi connectivity index (χ0n) is 7.32. The monoisotopic (exact) mass is 178 g/mol. The van der Waals surface area contributed by atoms with E-state index in [1.165, 1.54) is 0 Å². The highest BCUT2D eigenvalue weighted by molar-refractivity contribution is 4.83. The Kier molecular flexibility index (Phi) is 3.01. The van der Waals surface area contributed by atoms with E-state index in [1.807, 2.05) is 0 Å². The van der Waals surface area contributed by atoms with Gasteiger partial charge in [-0.1, -0.05) is 0 Å². The molecule has 2 nitrogen and oxygen atoms in total. The molecule has 4 heteroatoms. The van der Waals surface area contributed by atoms with Crippen LogP contribution in [0, 0.1) is 5.92 Å². The summed E-state index contributed by atoms with van der Waals surface area (Å²) < 4.78 is 25.2. The largest absolute Gasteiger partial charge is 0.327 e. The van der Waals surface area contributed by atoms with Gasteiger partial charge in [-0.3, -0.25) is 0 Å². The molecule has 0 aromatic rings. The molecule has 12 heavy (non-hydrogen) atoms. The highest BCUT2D eigenvalue weighted by atomic mass is 19.3. The smallest absolute Gasteiger partial charge is 0.245 e. The van der Waals surface area contributed by atoms with Gasteiger partial charge in [-0.05, 0) is 32.4 Å². The van der Waals surface area contributed by atoms with Gasteiger partial charge < -0.3 is 11.1 Å². The van der Waals surface area contributed by atoms with Crippen molar-refractivity contribution in [2.45, 2.75) is 31.7 Å². The van der Waals surface area contributed by atoms with E-state index >= 15 is 0 Å². The topological polar surface area (TPSA) is 38.0 Å². The number of hydrogen-bond acceptors (Lipinski definition) is 2. The third-order valence-electron chi connectivity index (χ3n) is 2.29. The van der Waals surface area contributed by atoms with E-state index < -0.39 is 5.92 Å². The Morgan fingerprint density at radius 2 is 2.25 bits per heavy atom. The second kappa shape index (κ2) is 3.66. The molecule has 0 aromatic carbocycles. The molecule has 0 amide bonds. The van der Waals surface area contributed by atoms with E-state index in [2.05, 4.69) is 5.32 Å². The number of piperidine rings is 1. The van der Waals surface area contributed by atoms with Crippen LogP contribution < -0.4 is 11.1 Å². The van der Waals surface area contributed by atoms with Gasteiger partial charge in [0.1, 0.15) is 0 Å².